The summed E-state index contributed by atoms with van der Waals surface area (Å²) in [5.74, 6) is 1.92. The largest absolute Gasteiger partial charge is 0.394 e. The van der Waals surface area contributed by atoms with E-state index in [0.717, 1.165) is 50.0 Å². The highest BCUT2D eigenvalue weighted by Crippen LogP contribution is 2.63. The average molecular weight is 768 g/mol. The van der Waals surface area contributed by atoms with Gasteiger partial charge in [-0.05, 0) is 25.2 Å². The standard InChI is InChI=1S/C28H42N5O12PS3/c1-17-13-32(27(38)29-25(17)36)23-11-19(35)22(44-23)16-42-46(40,47-9-10-49-48-8-5-31-3-6-41-7-4-31)45-20-12-24(43-21(20)15-34)33-14-18(2)26(37)30-28(33)39/h13-14,19-24,34-35H,3-12,15-16H2,1-2H3,(H,29,36,38)(H,30,37,39)/t19?,20-,21-,22-,23-,24-,46?/m1/s1. The second kappa shape index (κ2) is 17.7. The van der Waals surface area contributed by atoms with Gasteiger partial charge in [0, 0.05) is 73.3 Å². The molecule has 4 N–H and O–H groups in total. The van der Waals surface area contributed by atoms with E-state index in [-0.39, 0.29) is 25.0 Å². The van der Waals surface area contributed by atoms with Gasteiger partial charge < -0.3 is 24.4 Å². The number of aliphatic hydroxyl groups is 2. The predicted octanol–water partition coefficient (Wildman–Crippen LogP) is 0.589. The number of ether oxygens (including phenoxy) is 3. The molecule has 5 rings (SSSR count). The minimum Gasteiger partial charge on any atom is -0.394 e. The number of nitrogens with one attached hydrogen (secondary N) is 2. The molecule has 5 heterocycles. The van der Waals surface area contributed by atoms with Crippen LogP contribution in [0.3, 0.4) is 0 Å². The van der Waals surface area contributed by atoms with Crippen LogP contribution >= 0.6 is 39.8 Å². The van der Waals surface area contributed by atoms with Gasteiger partial charge in [0.1, 0.15) is 30.8 Å². The number of hydrogen-bond acceptors (Lipinski definition) is 16. The zero-order chi connectivity index (χ0) is 35.1. The van der Waals surface area contributed by atoms with Crippen molar-refractivity contribution in [3.05, 3.63) is 65.2 Å². The highest BCUT2D eigenvalue weighted by atomic mass is 33.1. The van der Waals surface area contributed by atoms with Crippen LogP contribution in [0.4, 0.5) is 0 Å². The first-order valence-corrected chi connectivity index (χ1v) is 21.4. The molecule has 0 radical (unpaired) electrons. The number of aliphatic hydroxyl groups excluding tert-OH is 2. The number of hydrogen-bond donors (Lipinski definition) is 4. The molecule has 274 valence electrons. The minimum absolute atomic E-state index is 0.0219. The molecule has 0 aliphatic carbocycles. The molecule has 3 aliphatic heterocycles. The Labute approximate surface area is 293 Å². The molecule has 0 bridgehead atoms. The van der Waals surface area contributed by atoms with Gasteiger partial charge in [0.05, 0.1) is 32.5 Å². The van der Waals surface area contributed by atoms with Crippen molar-refractivity contribution in [3.63, 3.8) is 0 Å². The lowest BCUT2D eigenvalue weighted by molar-refractivity contribution is -0.0510. The molecule has 3 aliphatic rings. The molecule has 3 fully saturated rings. The highest BCUT2D eigenvalue weighted by molar-refractivity contribution is 8.76. The van der Waals surface area contributed by atoms with Crippen LogP contribution in [0, 0.1) is 13.8 Å². The third-order valence-electron chi connectivity index (χ3n) is 8.23. The first kappa shape index (κ1) is 38.5. The van der Waals surface area contributed by atoms with Gasteiger partial charge in [0.25, 0.3) is 11.1 Å². The molecular formula is C28H42N5O12PS3. The van der Waals surface area contributed by atoms with Crippen molar-refractivity contribution in [3.8, 4) is 0 Å². The normalized spacial score (nSPS) is 27.4. The third-order valence-corrected chi connectivity index (χ3v) is 14.6. The van der Waals surface area contributed by atoms with Crippen molar-refractivity contribution < 1.29 is 38.0 Å². The predicted molar refractivity (Wildman–Crippen MR) is 185 cm³/mol. The van der Waals surface area contributed by atoms with Gasteiger partial charge in [-0.1, -0.05) is 21.6 Å². The molecule has 0 spiro atoms. The van der Waals surface area contributed by atoms with E-state index >= 15 is 0 Å². The molecule has 2 unspecified atom stereocenters. The Bertz CT molecular complexity index is 1700. The minimum atomic E-state index is -4.01. The van der Waals surface area contributed by atoms with Crippen molar-refractivity contribution in [2.24, 2.45) is 0 Å². The fraction of sp³-hybridized carbons (Fsp3) is 0.714. The van der Waals surface area contributed by atoms with E-state index in [2.05, 4.69) is 14.9 Å². The van der Waals surface area contributed by atoms with Crippen LogP contribution in [0.15, 0.2) is 31.6 Å². The van der Waals surface area contributed by atoms with Gasteiger partial charge in [-0.2, -0.15) is 0 Å². The summed E-state index contributed by atoms with van der Waals surface area (Å²) in [6, 6.07) is 0. The van der Waals surface area contributed by atoms with Crippen LogP contribution in [0.25, 0.3) is 0 Å². The fourth-order valence-corrected chi connectivity index (χ4v) is 11.7. The van der Waals surface area contributed by atoms with Crippen molar-refractivity contribution in [1.29, 1.82) is 0 Å². The number of aryl methyl sites for hydroxylation is 2. The number of morpholine rings is 1. The third kappa shape index (κ3) is 10.2. The number of H-pyrrole nitrogens is 2. The number of nitrogens with zero attached hydrogens (tertiary/aromatic N) is 3. The summed E-state index contributed by atoms with van der Waals surface area (Å²) in [7, 11) is 3.34. The van der Waals surface area contributed by atoms with Crippen LogP contribution in [0.2, 0.25) is 0 Å². The maximum atomic E-state index is 14.3. The van der Waals surface area contributed by atoms with Gasteiger partial charge in [-0.3, -0.25) is 42.6 Å². The Hall–Kier alpha value is -1.68. The van der Waals surface area contributed by atoms with Crippen molar-refractivity contribution in [2.45, 2.75) is 63.6 Å². The van der Waals surface area contributed by atoms with Gasteiger partial charge in [-0.15, -0.1) is 0 Å². The second-order valence-corrected chi connectivity index (χ2v) is 18.6. The first-order valence-electron chi connectivity index (χ1n) is 15.8. The van der Waals surface area contributed by atoms with E-state index in [1.165, 1.54) is 35.4 Å². The molecule has 2 aromatic rings. The smallest absolute Gasteiger partial charge is 0.389 e. The zero-order valence-corrected chi connectivity index (χ0v) is 30.4. The highest BCUT2D eigenvalue weighted by Gasteiger charge is 2.44. The Balaban J connectivity index is 1.23. The molecule has 7 atom stereocenters. The summed E-state index contributed by atoms with van der Waals surface area (Å²) in [5, 5.41) is 20.8. The summed E-state index contributed by atoms with van der Waals surface area (Å²) < 4.78 is 45.8. The first-order chi connectivity index (χ1) is 23.5. The van der Waals surface area contributed by atoms with E-state index in [0.29, 0.717) is 17.1 Å². The van der Waals surface area contributed by atoms with Crippen molar-refractivity contribution >= 4 is 39.8 Å². The lowest BCUT2D eigenvalue weighted by Crippen LogP contribution is -2.37. The number of aromatic nitrogens is 4. The van der Waals surface area contributed by atoms with Crippen LogP contribution in [0.1, 0.15) is 36.4 Å². The van der Waals surface area contributed by atoms with E-state index in [4.69, 9.17) is 23.3 Å². The molecule has 0 aromatic carbocycles. The Morgan fingerprint density at radius 1 is 0.898 bits per heavy atom. The van der Waals surface area contributed by atoms with E-state index in [1.54, 1.807) is 21.6 Å². The second-order valence-electron chi connectivity index (χ2n) is 11.8. The fourth-order valence-electron chi connectivity index (χ4n) is 5.50. The maximum Gasteiger partial charge on any atom is 0.389 e. The topological polar surface area (TPSA) is 217 Å². The van der Waals surface area contributed by atoms with E-state index in [9.17, 15) is 34.0 Å². The Kier molecular flexibility index (Phi) is 13.9. The van der Waals surface area contributed by atoms with Crippen LogP contribution in [-0.4, -0.2) is 122 Å². The lowest BCUT2D eigenvalue weighted by atomic mass is 10.2. The quantitative estimate of drug-likeness (QED) is 0.104. The summed E-state index contributed by atoms with van der Waals surface area (Å²) in [6.45, 7) is 2.47. The Morgan fingerprint density at radius 3 is 2.12 bits per heavy atom. The molecule has 3 saturated heterocycles. The SMILES string of the molecule is Cc1cn([C@H]2CC(O)[C@@H](COP(=O)(O[C@@H]3C[C@H](n4cc(C)c(=O)[nH]c4=O)O[C@@H]3CO)SCCSSCCN3CCOCC3)O2)c(=O)[nH]c1=O. The summed E-state index contributed by atoms with van der Waals surface area (Å²) >= 11 is 0.966. The van der Waals surface area contributed by atoms with E-state index < -0.39 is 72.8 Å². The van der Waals surface area contributed by atoms with Crippen LogP contribution < -0.4 is 22.5 Å². The summed E-state index contributed by atoms with van der Waals surface area (Å²) in [6.07, 6.45) is -3.03. The maximum absolute atomic E-state index is 14.3. The molecule has 17 nitrogen and oxygen atoms in total. The number of aromatic amines is 2. The van der Waals surface area contributed by atoms with Crippen LogP contribution in [0.5, 0.6) is 0 Å². The van der Waals surface area contributed by atoms with Crippen molar-refractivity contribution in [1.82, 2.24) is 24.0 Å². The van der Waals surface area contributed by atoms with Gasteiger partial charge in [0.15, 0.2) is 0 Å². The Morgan fingerprint density at radius 2 is 1.49 bits per heavy atom. The monoisotopic (exact) mass is 767 g/mol. The van der Waals surface area contributed by atoms with Crippen LogP contribution in [-0.2, 0) is 27.8 Å². The summed E-state index contributed by atoms with van der Waals surface area (Å²) in [4.78, 5) is 55.4. The molecule has 0 amide bonds. The molecule has 2 aromatic heterocycles. The van der Waals surface area contributed by atoms with Gasteiger partial charge in [-0.25, -0.2) is 14.2 Å². The zero-order valence-electron chi connectivity index (χ0n) is 27.1. The molecule has 21 heteroatoms. The average Bonchev–Trinajstić information content (AvgIpc) is 3.65. The molecular weight excluding hydrogens is 726 g/mol. The van der Waals surface area contributed by atoms with Crippen molar-refractivity contribution in [2.75, 3.05) is 63.3 Å². The lowest BCUT2D eigenvalue weighted by Gasteiger charge is -2.26. The number of rotatable bonds is 16. The van der Waals surface area contributed by atoms with Gasteiger partial charge >= 0.3 is 18.2 Å². The summed E-state index contributed by atoms with van der Waals surface area (Å²) in [5.41, 5.74) is -1.88. The molecule has 49 heavy (non-hydrogen) atoms. The van der Waals surface area contributed by atoms with Gasteiger partial charge in [0.2, 0.25) is 0 Å². The molecule has 0 saturated carbocycles. The van der Waals surface area contributed by atoms with E-state index in [1.807, 2.05) is 0 Å².